The standard InChI is InChI=1S/C30H30N2O8S2/c1-3-22(26(34)32-27-24(30(39)40-2)20-10-5-4-6-11-23(20)42-27)41-18-9-7-8-17(15-18)31-25(33)19-13-12-16(28(35)36)14-21(19)29(37)38/h7-9,12-15,22H,3-6,10-11H2,1-2H3,(H,31,33)(H,32,34)(H,35,36)(H,37,38). The smallest absolute Gasteiger partial charge is 0.341 e. The Kier molecular flexibility index (Phi) is 10.0. The molecular weight excluding hydrogens is 580 g/mol. The minimum absolute atomic E-state index is 0.188. The van der Waals surface area contributed by atoms with Crippen molar-refractivity contribution in [1.82, 2.24) is 0 Å². The van der Waals surface area contributed by atoms with Crippen LogP contribution in [0.3, 0.4) is 0 Å². The molecular formula is C30H30N2O8S2. The average molecular weight is 611 g/mol. The van der Waals surface area contributed by atoms with Crippen molar-refractivity contribution in [2.75, 3.05) is 17.7 Å². The summed E-state index contributed by atoms with van der Waals surface area (Å²) in [4.78, 5) is 63.6. The van der Waals surface area contributed by atoms with Crippen LogP contribution in [-0.4, -0.2) is 52.3 Å². The van der Waals surface area contributed by atoms with Crippen LogP contribution in [0.25, 0.3) is 0 Å². The summed E-state index contributed by atoms with van der Waals surface area (Å²) in [5, 5.41) is 24.3. The van der Waals surface area contributed by atoms with Crippen LogP contribution in [0.4, 0.5) is 10.7 Å². The zero-order valence-corrected chi connectivity index (χ0v) is 24.7. The van der Waals surface area contributed by atoms with Crippen LogP contribution < -0.4 is 10.6 Å². The van der Waals surface area contributed by atoms with Crippen molar-refractivity contribution in [1.29, 1.82) is 0 Å². The van der Waals surface area contributed by atoms with E-state index in [1.54, 1.807) is 24.3 Å². The number of benzene rings is 2. The maximum atomic E-state index is 13.4. The first-order chi connectivity index (χ1) is 20.1. The molecule has 42 heavy (non-hydrogen) atoms. The molecule has 0 bridgehead atoms. The second kappa shape index (κ2) is 13.7. The summed E-state index contributed by atoms with van der Waals surface area (Å²) in [5.74, 6) is -4.18. The van der Waals surface area contributed by atoms with Crippen molar-refractivity contribution < 1.29 is 38.9 Å². The number of nitrogens with one attached hydrogen (secondary N) is 2. The second-order valence-corrected chi connectivity index (χ2v) is 12.0. The molecule has 0 radical (unpaired) electrons. The number of thiophene rings is 1. The fourth-order valence-corrected chi connectivity index (χ4v) is 7.02. The third-order valence-electron chi connectivity index (χ3n) is 6.82. The van der Waals surface area contributed by atoms with Crippen molar-refractivity contribution >= 4 is 63.5 Å². The molecule has 12 heteroatoms. The lowest BCUT2D eigenvalue weighted by Gasteiger charge is -2.16. The Morgan fingerprint density at radius 1 is 0.952 bits per heavy atom. The lowest BCUT2D eigenvalue weighted by atomic mass is 10.0. The van der Waals surface area contributed by atoms with Gasteiger partial charge in [0.15, 0.2) is 0 Å². The van der Waals surface area contributed by atoms with Gasteiger partial charge in [-0.15, -0.1) is 23.1 Å². The number of hydrogen-bond acceptors (Lipinski definition) is 8. The largest absolute Gasteiger partial charge is 0.478 e. The van der Waals surface area contributed by atoms with E-state index in [0.717, 1.165) is 60.7 Å². The van der Waals surface area contributed by atoms with E-state index in [1.807, 2.05) is 6.92 Å². The third kappa shape index (κ3) is 7.00. The van der Waals surface area contributed by atoms with Crippen LogP contribution in [0.15, 0.2) is 47.4 Å². The molecule has 1 atom stereocenters. The van der Waals surface area contributed by atoms with Crippen LogP contribution in [0.5, 0.6) is 0 Å². The molecule has 1 aromatic heterocycles. The fraction of sp³-hybridized carbons (Fsp3) is 0.300. The van der Waals surface area contributed by atoms with E-state index >= 15 is 0 Å². The van der Waals surface area contributed by atoms with Gasteiger partial charge < -0.3 is 25.6 Å². The molecule has 0 saturated heterocycles. The predicted octanol–water partition coefficient (Wildman–Crippen LogP) is 5.96. The molecule has 4 rings (SSSR count). The van der Waals surface area contributed by atoms with Crippen molar-refractivity contribution in [2.24, 2.45) is 0 Å². The third-order valence-corrected chi connectivity index (χ3v) is 9.39. The Morgan fingerprint density at radius 3 is 2.40 bits per heavy atom. The Bertz CT molecular complexity index is 1550. The second-order valence-electron chi connectivity index (χ2n) is 9.62. The van der Waals surface area contributed by atoms with Crippen LogP contribution in [0, 0.1) is 0 Å². The van der Waals surface area contributed by atoms with Gasteiger partial charge in [0.2, 0.25) is 5.91 Å². The molecule has 1 heterocycles. The van der Waals surface area contributed by atoms with Gasteiger partial charge in [-0.05, 0) is 74.1 Å². The minimum Gasteiger partial charge on any atom is -0.478 e. The van der Waals surface area contributed by atoms with E-state index in [0.29, 0.717) is 27.6 Å². The molecule has 4 N–H and O–H groups in total. The molecule has 1 unspecified atom stereocenters. The molecule has 0 spiro atoms. The number of ether oxygens (including phenoxy) is 1. The molecule has 0 fully saturated rings. The van der Waals surface area contributed by atoms with Gasteiger partial charge in [0.25, 0.3) is 5.91 Å². The number of esters is 1. The molecule has 3 aromatic rings. The summed E-state index contributed by atoms with van der Waals surface area (Å²) in [6.45, 7) is 1.88. The van der Waals surface area contributed by atoms with Gasteiger partial charge in [-0.2, -0.15) is 0 Å². The van der Waals surface area contributed by atoms with Gasteiger partial charge in [-0.1, -0.05) is 19.4 Å². The summed E-state index contributed by atoms with van der Waals surface area (Å²) in [5.41, 5.74) is 0.906. The highest BCUT2D eigenvalue weighted by atomic mass is 32.2. The lowest BCUT2D eigenvalue weighted by molar-refractivity contribution is -0.115. The summed E-state index contributed by atoms with van der Waals surface area (Å²) < 4.78 is 5.04. The van der Waals surface area contributed by atoms with Crippen molar-refractivity contribution in [2.45, 2.75) is 55.6 Å². The van der Waals surface area contributed by atoms with Gasteiger partial charge in [0.1, 0.15) is 5.00 Å². The van der Waals surface area contributed by atoms with Crippen molar-refractivity contribution in [3.8, 4) is 0 Å². The Hall–Kier alpha value is -4.16. The topological polar surface area (TPSA) is 159 Å². The van der Waals surface area contributed by atoms with Crippen molar-refractivity contribution in [3.63, 3.8) is 0 Å². The quantitative estimate of drug-likeness (QED) is 0.123. The number of carbonyl (C=O) groups is 5. The summed E-state index contributed by atoms with van der Waals surface area (Å²) >= 11 is 2.72. The number of hydrogen-bond donors (Lipinski definition) is 4. The number of thioether (sulfide) groups is 1. The molecule has 2 aromatic carbocycles. The lowest BCUT2D eigenvalue weighted by Crippen LogP contribution is -2.25. The molecule has 0 saturated carbocycles. The maximum absolute atomic E-state index is 13.4. The first kappa shape index (κ1) is 30.8. The van der Waals surface area contributed by atoms with Crippen LogP contribution in [0.2, 0.25) is 0 Å². The van der Waals surface area contributed by atoms with E-state index in [-0.39, 0.29) is 17.0 Å². The number of methoxy groups -OCH3 is 1. The number of carboxylic acid groups (broad SMARTS) is 2. The number of aryl methyl sites for hydroxylation is 1. The van der Waals surface area contributed by atoms with Crippen LogP contribution in [0.1, 0.15) is 84.5 Å². The number of fused-ring (bicyclic) bond motifs is 1. The SMILES string of the molecule is CCC(Sc1cccc(NC(=O)c2ccc(C(=O)O)cc2C(=O)O)c1)C(=O)Nc1sc2c(c1C(=O)OC)CCCCC2. The number of carboxylic acids is 2. The van der Waals surface area contributed by atoms with Crippen molar-refractivity contribution in [3.05, 3.63) is 75.2 Å². The Balaban J connectivity index is 1.50. The van der Waals surface area contributed by atoms with E-state index in [1.165, 1.54) is 30.2 Å². The molecule has 1 aliphatic carbocycles. The number of carbonyl (C=O) groups excluding carboxylic acids is 3. The number of amides is 2. The zero-order valence-electron chi connectivity index (χ0n) is 23.0. The maximum Gasteiger partial charge on any atom is 0.341 e. The summed E-state index contributed by atoms with van der Waals surface area (Å²) in [6, 6.07) is 10.0. The van der Waals surface area contributed by atoms with Gasteiger partial charge in [0.05, 0.1) is 34.6 Å². The monoisotopic (exact) mass is 610 g/mol. The first-order valence-electron chi connectivity index (χ1n) is 13.3. The molecule has 220 valence electrons. The van der Waals surface area contributed by atoms with E-state index in [9.17, 15) is 29.1 Å². The highest BCUT2D eigenvalue weighted by Crippen LogP contribution is 2.39. The average Bonchev–Trinajstić information content (AvgIpc) is 3.14. The molecule has 1 aliphatic rings. The fourth-order valence-electron chi connectivity index (χ4n) is 4.73. The zero-order chi connectivity index (χ0) is 30.4. The Labute approximate surface area is 250 Å². The van der Waals surface area contributed by atoms with Gasteiger partial charge in [0, 0.05) is 15.5 Å². The number of aromatic carboxylic acids is 2. The highest BCUT2D eigenvalue weighted by Gasteiger charge is 2.28. The normalized spacial score (nSPS) is 13.3. The summed E-state index contributed by atoms with van der Waals surface area (Å²) in [7, 11) is 1.33. The van der Waals surface area contributed by atoms with E-state index < -0.39 is 34.6 Å². The van der Waals surface area contributed by atoms with Crippen LogP contribution in [-0.2, 0) is 22.4 Å². The van der Waals surface area contributed by atoms with Crippen LogP contribution >= 0.6 is 23.1 Å². The van der Waals surface area contributed by atoms with Gasteiger partial charge >= 0.3 is 17.9 Å². The molecule has 10 nitrogen and oxygen atoms in total. The molecule has 2 amide bonds. The predicted molar refractivity (Wildman–Crippen MR) is 160 cm³/mol. The first-order valence-corrected chi connectivity index (χ1v) is 15.0. The Morgan fingerprint density at radius 2 is 1.71 bits per heavy atom. The van der Waals surface area contributed by atoms with Gasteiger partial charge in [-0.25, -0.2) is 14.4 Å². The minimum atomic E-state index is -1.43. The van der Waals surface area contributed by atoms with E-state index in [2.05, 4.69) is 10.6 Å². The highest BCUT2D eigenvalue weighted by molar-refractivity contribution is 8.00. The molecule has 0 aliphatic heterocycles. The number of rotatable bonds is 10. The number of anilines is 2. The van der Waals surface area contributed by atoms with E-state index in [4.69, 9.17) is 9.84 Å². The van der Waals surface area contributed by atoms with Gasteiger partial charge in [-0.3, -0.25) is 9.59 Å². The summed E-state index contributed by atoms with van der Waals surface area (Å²) in [6.07, 6.45) is 5.23.